The lowest BCUT2D eigenvalue weighted by Gasteiger charge is -2.08. The maximum Gasteiger partial charge on any atom is 0.0719 e. The van der Waals surface area contributed by atoms with Gasteiger partial charge in [0.05, 0.1) is 6.61 Å². The molecule has 1 aromatic carbocycles. The molecule has 0 spiro atoms. The van der Waals surface area contributed by atoms with Gasteiger partial charge in [0.2, 0.25) is 0 Å². The summed E-state index contributed by atoms with van der Waals surface area (Å²) < 4.78 is 0. The molecule has 0 fully saturated rings. The fraction of sp³-hybridized carbons (Fsp3) is 0.500. The molecule has 0 aromatic heterocycles. The van der Waals surface area contributed by atoms with E-state index in [4.69, 9.17) is 5.90 Å². The fourth-order valence-corrected chi connectivity index (χ4v) is 1.69. The number of aryl methyl sites for hydroxylation is 2. The van der Waals surface area contributed by atoms with Crippen molar-refractivity contribution < 1.29 is 4.84 Å². The summed E-state index contributed by atoms with van der Waals surface area (Å²) in [6.07, 6.45) is 3.10. The first-order chi connectivity index (χ1) is 6.81. The second-order valence-electron chi connectivity index (χ2n) is 3.43. The van der Waals surface area contributed by atoms with Crippen molar-refractivity contribution >= 4 is 0 Å². The van der Waals surface area contributed by atoms with Crippen molar-refractivity contribution in [2.45, 2.75) is 33.1 Å². The van der Waals surface area contributed by atoms with E-state index < -0.39 is 0 Å². The fourth-order valence-electron chi connectivity index (χ4n) is 1.69. The summed E-state index contributed by atoms with van der Waals surface area (Å²) in [5, 5.41) is 0. The molecule has 0 aliphatic carbocycles. The van der Waals surface area contributed by atoms with Crippen molar-refractivity contribution in [2.24, 2.45) is 5.90 Å². The van der Waals surface area contributed by atoms with Crippen molar-refractivity contribution in [3.8, 4) is 0 Å². The number of benzene rings is 1. The molecule has 2 heteroatoms. The Morgan fingerprint density at radius 1 is 1.14 bits per heavy atom. The average Bonchev–Trinajstić information content (AvgIpc) is 2.25. The summed E-state index contributed by atoms with van der Waals surface area (Å²) in [6, 6.07) is 6.64. The van der Waals surface area contributed by atoms with E-state index in [-0.39, 0.29) is 0 Å². The molecule has 0 saturated heterocycles. The van der Waals surface area contributed by atoms with Crippen LogP contribution in [0.4, 0.5) is 0 Å². The molecular weight excluding hydrogens is 174 g/mol. The molecule has 0 saturated carbocycles. The lowest BCUT2D eigenvalue weighted by molar-refractivity contribution is 0.141. The minimum Gasteiger partial charge on any atom is -0.304 e. The van der Waals surface area contributed by atoms with Crippen LogP contribution in [0, 0.1) is 0 Å². The van der Waals surface area contributed by atoms with Gasteiger partial charge in [-0.05, 0) is 36.0 Å². The van der Waals surface area contributed by atoms with Crippen LogP contribution in [0.15, 0.2) is 18.2 Å². The molecule has 14 heavy (non-hydrogen) atoms. The van der Waals surface area contributed by atoms with Gasteiger partial charge in [-0.3, -0.25) is 0 Å². The Hall–Kier alpha value is -0.860. The van der Waals surface area contributed by atoms with Gasteiger partial charge in [-0.2, -0.15) is 0 Å². The van der Waals surface area contributed by atoms with Gasteiger partial charge in [0.25, 0.3) is 0 Å². The van der Waals surface area contributed by atoms with E-state index in [1.807, 2.05) is 0 Å². The molecule has 0 radical (unpaired) electrons. The third-order valence-electron chi connectivity index (χ3n) is 2.54. The van der Waals surface area contributed by atoms with Gasteiger partial charge in [0.15, 0.2) is 0 Å². The Labute approximate surface area is 86.0 Å². The van der Waals surface area contributed by atoms with Crippen LogP contribution in [-0.4, -0.2) is 6.61 Å². The zero-order chi connectivity index (χ0) is 10.4. The predicted molar refractivity (Wildman–Crippen MR) is 59.0 cm³/mol. The Morgan fingerprint density at radius 2 is 1.86 bits per heavy atom. The molecule has 2 nitrogen and oxygen atoms in total. The van der Waals surface area contributed by atoms with Crippen molar-refractivity contribution in [2.75, 3.05) is 6.61 Å². The molecule has 1 aromatic rings. The Balaban J connectivity index is 2.79. The molecule has 78 valence electrons. The minimum atomic E-state index is 0.592. The molecule has 0 aliphatic heterocycles. The second kappa shape index (κ2) is 5.78. The standard InChI is InChI=1S/C12H19NO/c1-3-11-6-5-10(7-8-14-13)9-12(11)4-2/h5-6,9H,3-4,7-8,13H2,1-2H3. The minimum absolute atomic E-state index is 0.592. The molecule has 0 amide bonds. The van der Waals surface area contributed by atoms with E-state index >= 15 is 0 Å². The smallest absolute Gasteiger partial charge is 0.0719 e. The highest BCUT2D eigenvalue weighted by Gasteiger charge is 2.00. The van der Waals surface area contributed by atoms with Crippen LogP contribution in [0.25, 0.3) is 0 Å². The van der Waals surface area contributed by atoms with Gasteiger partial charge >= 0.3 is 0 Å². The summed E-state index contributed by atoms with van der Waals surface area (Å²) in [6.45, 7) is 4.98. The highest BCUT2D eigenvalue weighted by Crippen LogP contribution is 2.14. The monoisotopic (exact) mass is 193 g/mol. The van der Waals surface area contributed by atoms with E-state index in [1.54, 1.807) is 0 Å². The van der Waals surface area contributed by atoms with Crippen molar-refractivity contribution in [3.05, 3.63) is 34.9 Å². The topological polar surface area (TPSA) is 35.2 Å². The van der Waals surface area contributed by atoms with Crippen LogP contribution >= 0.6 is 0 Å². The SMILES string of the molecule is CCc1ccc(CCON)cc1CC. The number of rotatable bonds is 5. The lowest BCUT2D eigenvalue weighted by atomic mass is 9.99. The van der Waals surface area contributed by atoms with E-state index in [2.05, 4.69) is 36.9 Å². The largest absolute Gasteiger partial charge is 0.304 e. The number of nitrogens with two attached hydrogens (primary N) is 1. The van der Waals surface area contributed by atoms with Gasteiger partial charge in [-0.1, -0.05) is 32.0 Å². The zero-order valence-electron chi connectivity index (χ0n) is 9.05. The van der Waals surface area contributed by atoms with Crippen LogP contribution in [0.2, 0.25) is 0 Å². The third-order valence-corrected chi connectivity index (χ3v) is 2.54. The van der Waals surface area contributed by atoms with Gasteiger partial charge < -0.3 is 4.84 Å². The summed E-state index contributed by atoms with van der Waals surface area (Å²) in [5.41, 5.74) is 4.21. The van der Waals surface area contributed by atoms with Crippen LogP contribution < -0.4 is 5.90 Å². The number of hydrogen-bond donors (Lipinski definition) is 1. The zero-order valence-corrected chi connectivity index (χ0v) is 9.05. The summed E-state index contributed by atoms with van der Waals surface area (Å²) >= 11 is 0. The molecule has 0 bridgehead atoms. The first-order valence-corrected chi connectivity index (χ1v) is 5.24. The quantitative estimate of drug-likeness (QED) is 0.728. The van der Waals surface area contributed by atoms with E-state index in [1.165, 1.54) is 16.7 Å². The molecule has 0 heterocycles. The molecule has 2 N–H and O–H groups in total. The summed E-state index contributed by atoms with van der Waals surface area (Å²) in [5.74, 6) is 5.00. The van der Waals surface area contributed by atoms with Crippen molar-refractivity contribution in [1.29, 1.82) is 0 Å². The summed E-state index contributed by atoms with van der Waals surface area (Å²) in [7, 11) is 0. The molecule has 0 unspecified atom stereocenters. The number of hydrogen-bond acceptors (Lipinski definition) is 2. The van der Waals surface area contributed by atoms with Crippen LogP contribution in [-0.2, 0) is 24.1 Å². The van der Waals surface area contributed by atoms with Crippen molar-refractivity contribution in [1.82, 2.24) is 0 Å². The maximum absolute atomic E-state index is 5.00. The predicted octanol–water partition coefficient (Wildman–Crippen LogP) is 2.24. The van der Waals surface area contributed by atoms with Crippen LogP contribution in [0.1, 0.15) is 30.5 Å². The van der Waals surface area contributed by atoms with E-state index in [0.29, 0.717) is 6.61 Å². The van der Waals surface area contributed by atoms with E-state index in [9.17, 15) is 0 Å². The molecular formula is C12H19NO. The molecule has 0 aliphatic rings. The highest BCUT2D eigenvalue weighted by molar-refractivity contribution is 5.32. The first kappa shape index (κ1) is 11.2. The van der Waals surface area contributed by atoms with Gasteiger partial charge in [0, 0.05) is 0 Å². The van der Waals surface area contributed by atoms with Crippen molar-refractivity contribution in [3.63, 3.8) is 0 Å². The Bertz CT molecular complexity index is 284. The Kier molecular flexibility index (Phi) is 4.63. The van der Waals surface area contributed by atoms with Crippen LogP contribution in [0.3, 0.4) is 0 Å². The normalized spacial score (nSPS) is 10.5. The van der Waals surface area contributed by atoms with Gasteiger partial charge in [-0.15, -0.1) is 0 Å². The lowest BCUT2D eigenvalue weighted by Crippen LogP contribution is -2.04. The average molecular weight is 193 g/mol. The third kappa shape index (κ3) is 2.82. The second-order valence-corrected chi connectivity index (χ2v) is 3.43. The highest BCUT2D eigenvalue weighted by atomic mass is 16.6. The maximum atomic E-state index is 5.00. The van der Waals surface area contributed by atoms with Crippen LogP contribution in [0.5, 0.6) is 0 Å². The van der Waals surface area contributed by atoms with Gasteiger partial charge in [0.1, 0.15) is 0 Å². The molecule has 1 rings (SSSR count). The van der Waals surface area contributed by atoms with Gasteiger partial charge in [-0.25, -0.2) is 5.90 Å². The first-order valence-electron chi connectivity index (χ1n) is 5.24. The van der Waals surface area contributed by atoms with E-state index in [0.717, 1.165) is 19.3 Å². The Morgan fingerprint density at radius 3 is 2.43 bits per heavy atom. The summed E-state index contributed by atoms with van der Waals surface area (Å²) in [4.78, 5) is 4.58. The molecule has 0 atom stereocenters.